The number of H-pyrrole nitrogens is 1. The van der Waals surface area contributed by atoms with Crippen molar-refractivity contribution in [2.75, 3.05) is 5.73 Å². The summed E-state index contributed by atoms with van der Waals surface area (Å²) in [5.74, 6) is -0.859. The SMILES string of the molecule is Nc1[nH]c(-c2ccc(Br)cc2)cc1C(=O)O. The van der Waals surface area contributed by atoms with Crippen LogP contribution in [0.15, 0.2) is 34.8 Å². The number of benzene rings is 1. The number of aromatic nitrogens is 1. The van der Waals surface area contributed by atoms with Crippen molar-refractivity contribution in [3.05, 3.63) is 40.4 Å². The Kier molecular flexibility index (Phi) is 2.70. The van der Waals surface area contributed by atoms with Crippen molar-refractivity contribution in [1.29, 1.82) is 0 Å². The van der Waals surface area contributed by atoms with Gasteiger partial charge in [0.2, 0.25) is 0 Å². The summed E-state index contributed by atoms with van der Waals surface area (Å²) in [4.78, 5) is 13.7. The molecule has 82 valence electrons. The lowest BCUT2D eigenvalue weighted by Crippen LogP contribution is -1.98. The standard InChI is InChI=1S/C11H9BrN2O2/c12-7-3-1-6(2-4-7)9-5-8(11(15)16)10(13)14-9/h1-5,14H,13H2,(H,15,16). The summed E-state index contributed by atoms with van der Waals surface area (Å²) in [5, 5.41) is 8.86. The summed E-state index contributed by atoms with van der Waals surface area (Å²) in [7, 11) is 0. The zero-order valence-electron chi connectivity index (χ0n) is 8.20. The fourth-order valence-corrected chi connectivity index (χ4v) is 1.70. The van der Waals surface area contributed by atoms with Crippen LogP contribution >= 0.6 is 15.9 Å². The maximum Gasteiger partial charge on any atom is 0.339 e. The van der Waals surface area contributed by atoms with Crippen LogP contribution in [0.5, 0.6) is 0 Å². The second kappa shape index (κ2) is 4.02. The number of halogens is 1. The van der Waals surface area contributed by atoms with Gasteiger partial charge in [-0.2, -0.15) is 0 Å². The van der Waals surface area contributed by atoms with E-state index in [0.29, 0.717) is 5.69 Å². The summed E-state index contributed by atoms with van der Waals surface area (Å²) in [6, 6.07) is 9.04. The van der Waals surface area contributed by atoms with Crippen LogP contribution in [0.1, 0.15) is 10.4 Å². The highest BCUT2D eigenvalue weighted by atomic mass is 79.9. The number of carboxylic acid groups (broad SMARTS) is 1. The number of rotatable bonds is 2. The number of carbonyl (C=O) groups is 1. The summed E-state index contributed by atoms with van der Waals surface area (Å²) in [5.41, 5.74) is 7.25. The normalized spacial score (nSPS) is 10.3. The molecule has 0 radical (unpaired) electrons. The van der Waals surface area contributed by atoms with Crippen molar-refractivity contribution >= 4 is 27.7 Å². The van der Waals surface area contributed by atoms with Crippen LogP contribution in [0.2, 0.25) is 0 Å². The van der Waals surface area contributed by atoms with E-state index >= 15 is 0 Å². The highest BCUT2D eigenvalue weighted by Gasteiger charge is 2.12. The summed E-state index contributed by atoms with van der Waals surface area (Å²) in [6.07, 6.45) is 0. The van der Waals surface area contributed by atoms with Crippen molar-refractivity contribution in [3.63, 3.8) is 0 Å². The number of aromatic amines is 1. The maximum absolute atomic E-state index is 10.8. The summed E-state index contributed by atoms with van der Waals surface area (Å²) >= 11 is 3.33. The minimum atomic E-state index is -1.03. The topological polar surface area (TPSA) is 79.1 Å². The number of anilines is 1. The van der Waals surface area contributed by atoms with Gasteiger partial charge in [0.25, 0.3) is 0 Å². The molecular weight excluding hydrogens is 272 g/mol. The largest absolute Gasteiger partial charge is 0.478 e. The zero-order chi connectivity index (χ0) is 11.7. The Hall–Kier alpha value is -1.75. The molecule has 0 unspecified atom stereocenters. The first-order chi connectivity index (χ1) is 7.58. The molecule has 4 N–H and O–H groups in total. The second-order valence-electron chi connectivity index (χ2n) is 3.32. The van der Waals surface area contributed by atoms with Crippen molar-refractivity contribution in [2.45, 2.75) is 0 Å². The van der Waals surface area contributed by atoms with E-state index < -0.39 is 5.97 Å². The van der Waals surface area contributed by atoms with E-state index in [-0.39, 0.29) is 11.4 Å². The molecule has 16 heavy (non-hydrogen) atoms. The minimum Gasteiger partial charge on any atom is -0.478 e. The van der Waals surface area contributed by atoms with Crippen LogP contribution in [0.3, 0.4) is 0 Å². The van der Waals surface area contributed by atoms with Gasteiger partial charge in [-0.3, -0.25) is 0 Å². The van der Waals surface area contributed by atoms with Crippen molar-refractivity contribution in [3.8, 4) is 11.3 Å². The van der Waals surface area contributed by atoms with E-state index in [1.807, 2.05) is 24.3 Å². The molecule has 0 fully saturated rings. The summed E-state index contributed by atoms with van der Waals surface area (Å²) in [6.45, 7) is 0. The third-order valence-electron chi connectivity index (χ3n) is 2.23. The number of hydrogen-bond donors (Lipinski definition) is 3. The Morgan fingerprint density at radius 3 is 2.44 bits per heavy atom. The zero-order valence-corrected chi connectivity index (χ0v) is 9.78. The first kappa shape index (κ1) is 10.8. The number of nitrogens with one attached hydrogen (secondary N) is 1. The van der Waals surface area contributed by atoms with Gasteiger partial charge in [0, 0.05) is 10.2 Å². The lowest BCUT2D eigenvalue weighted by Gasteiger charge is -1.97. The molecule has 0 aliphatic rings. The third-order valence-corrected chi connectivity index (χ3v) is 2.76. The summed E-state index contributed by atoms with van der Waals surface area (Å²) < 4.78 is 0.967. The lowest BCUT2D eigenvalue weighted by molar-refractivity contribution is 0.0698. The fraction of sp³-hybridized carbons (Fsp3) is 0. The molecule has 5 heteroatoms. The smallest absolute Gasteiger partial charge is 0.339 e. The highest BCUT2D eigenvalue weighted by molar-refractivity contribution is 9.10. The van der Waals surface area contributed by atoms with E-state index in [1.165, 1.54) is 6.07 Å². The number of aromatic carboxylic acids is 1. The molecule has 2 aromatic rings. The van der Waals surface area contributed by atoms with Crippen LogP contribution in [0.25, 0.3) is 11.3 Å². The first-order valence-electron chi connectivity index (χ1n) is 4.55. The highest BCUT2D eigenvalue weighted by Crippen LogP contribution is 2.24. The predicted molar refractivity (Wildman–Crippen MR) is 65.3 cm³/mol. The van der Waals surface area contributed by atoms with Gasteiger partial charge in [0.05, 0.1) is 0 Å². The Morgan fingerprint density at radius 1 is 1.31 bits per heavy atom. The second-order valence-corrected chi connectivity index (χ2v) is 4.24. The Balaban J connectivity index is 2.45. The average Bonchev–Trinajstić information content (AvgIpc) is 2.61. The van der Waals surface area contributed by atoms with Crippen LogP contribution in [0, 0.1) is 0 Å². The molecule has 0 aliphatic heterocycles. The van der Waals surface area contributed by atoms with Gasteiger partial charge in [-0.1, -0.05) is 28.1 Å². The number of hydrogen-bond acceptors (Lipinski definition) is 2. The Bertz CT molecular complexity index is 531. The lowest BCUT2D eigenvalue weighted by atomic mass is 10.1. The van der Waals surface area contributed by atoms with E-state index in [0.717, 1.165) is 10.0 Å². The Morgan fingerprint density at radius 2 is 1.94 bits per heavy atom. The predicted octanol–water partition coefficient (Wildman–Crippen LogP) is 2.72. The molecule has 2 rings (SSSR count). The van der Waals surface area contributed by atoms with Crippen LogP contribution in [-0.4, -0.2) is 16.1 Å². The molecule has 0 saturated heterocycles. The monoisotopic (exact) mass is 280 g/mol. The molecule has 0 saturated carbocycles. The molecular formula is C11H9BrN2O2. The average molecular weight is 281 g/mol. The molecule has 0 bridgehead atoms. The quantitative estimate of drug-likeness (QED) is 0.791. The van der Waals surface area contributed by atoms with Gasteiger partial charge in [0.1, 0.15) is 11.4 Å². The molecule has 1 aromatic heterocycles. The maximum atomic E-state index is 10.8. The van der Waals surface area contributed by atoms with Gasteiger partial charge in [-0.25, -0.2) is 4.79 Å². The first-order valence-corrected chi connectivity index (χ1v) is 5.35. The van der Waals surface area contributed by atoms with E-state index in [2.05, 4.69) is 20.9 Å². The van der Waals surface area contributed by atoms with Gasteiger partial charge in [0.15, 0.2) is 0 Å². The molecule has 0 atom stereocenters. The molecule has 0 amide bonds. The molecule has 0 aliphatic carbocycles. The third kappa shape index (κ3) is 1.94. The van der Waals surface area contributed by atoms with Gasteiger partial charge < -0.3 is 15.8 Å². The van der Waals surface area contributed by atoms with Crippen molar-refractivity contribution < 1.29 is 9.90 Å². The molecule has 1 aromatic carbocycles. The van der Waals surface area contributed by atoms with Gasteiger partial charge in [-0.15, -0.1) is 0 Å². The molecule has 4 nitrogen and oxygen atoms in total. The number of carboxylic acids is 1. The van der Waals surface area contributed by atoms with Crippen LogP contribution < -0.4 is 5.73 Å². The number of nitrogen functional groups attached to an aromatic ring is 1. The fourth-order valence-electron chi connectivity index (χ4n) is 1.43. The van der Waals surface area contributed by atoms with Crippen LogP contribution in [-0.2, 0) is 0 Å². The minimum absolute atomic E-state index is 0.0953. The Labute approximate surface area is 100 Å². The van der Waals surface area contributed by atoms with E-state index in [4.69, 9.17) is 10.8 Å². The molecule has 0 spiro atoms. The van der Waals surface area contributed by atoms with Crippen LogP contribution in [0.4, 0.5) is 5.82 Å². The van der Waals surface area contributed by atoms with Crippen molar-refractivity contribution in [2.24, 2.45) is 0 Å². The van der Waals surface area contributed by atoms with Crippen molar-refractivity contribution in [1.82, 2.24) is 4.98 Å². The van der Waals surface area contributed by atoms with E-state index in [9.17, 15) is 4.79 Å². The number of nitrogens with two attached hydrogens (primary N) is 1. The van der Waals surface area contributed by atoms with E-state index in [1.54, 1.807) is 0 Å². The van der Waals surface area contributed by atoms with Gasteiger partial charge >= 0.3 is 5.97 Å². The molecule has 1 heterocycles. The van der Waals surface area contributed by atoms with Gasteiger partial charge in [-0.05, 0) is 23.8 Å².